The molecular weight excluding hydrogens is 434 g/mol. The van der Waals surface area contributed by atoms with Crippen molar-refractivity contribution >= 4 is 50.9 Å². The Bertz CT molecular complexity index is 774. The lowest BCUT2D eigenvalue weighted by Gasteiger charge is -2.15. The third-order valence-corrected chi connectivity index (χ3v) is 3.95. The highest BCUT2D eigenvalue weighted by Gasteiger charge is 2.34. The van der Waals surface area contributed by atoms with Gasteiger partial charge in [0.25, 0.3) is 0 Å². The Morgan fingerprint density at radius 1 is 1.17 bits per heavy atom. The van der Waals surface area contributed by atoms with Gasteiger partial charge >= 0.3 is 12.3 Å². The van der Waals surface area contributed by atoms with Gasteiger partial charge in [-0.05, 0) is 58.7 Å². The Morgan fingerprint density at radius 3 is 2.42 bits per heavy atom. The molecule has 128 valence electrons. The van der Waals surface area contributed by atoms with Crippen LogP contribution in [0.3, 0.4) is 0 Å². The van der Waals surface area contributed by atoms with Crippen LogP contribution in [0, 0.1) is 6.92 Å². The summed E-state index contributed by atoms with van der Waals surface area (Å²) in [4.78, 5) is 11.9. The largest absolute Gasteiger partial charge is 0.418 e. The summed E-state index contributed by atoms with van der Waals surface area (Å²) in [5.74, 6) is 0.152. The summed E-state index contributed by atoms with van der Waals surface area (Å²) < 4.78 is 44.5. The zero-order chi connectivity index (χ0) is 18.1. The predicted molar refractivity (Wildman–Crippen MR) is 90.0 cm³/mol. The van der Waals surface area contributed by atoms with E-state index in [2.05, 4.69) is 21.2 Å². The molecule has 0 aliphatic rings. The molecule has 2 aromatic rings. The van der Waals surface area contributed by atoms with Crippen molar-refractivity contribution in [1.82, 2.24) is 0 Å². The van der Waals surface area contributed by atoms with Gasteiger partial charge in [0, 0.05) is 10.0 Å². The van der Waals surface area contributed by atoms with Crippen LogP contribution in [0.2, 0.25) is 10.0 Å². The van der Waals surface area contributed by atoms with Crippen LogP contribution in [-0.4, -0.2) is 6.09 Å². The van der Waals surface area contributed by atoms with Crippen molar-refractivity contribution < 1.29 is 22.7 Å². The van der Waals surface area contributed by atoms with E-state index >= 15 is 0 Å². The number of alkyl halides is 3. The Hall–Kier alpha value is -1.44. The van der Waals surface area contributed by atoms with E-state index in [4.69, 9.17) is 27.9 Å². The first-order valence-corrected chi connectivity index (χ1v) is 7.94. The number of aryl methyl sites for hydroxylation is 1. The lowest BCUT2D eigenvalue weighted by Crippen LogP contribution is -2.20. The highest BCUT2D eigenvalue weighted by atomic mass is 79.9. The minimum Gasteiger partial charge on any atom is -0.409 e. The van der Waals surface area contributed by atoms with E-state index in [1.165, 1.54) is 12.1 Å². The van der Waals surface area contributed by atoms with E-state index in [0.717, 1.165) is 12.1 Å². The van der Waals surface area contributed by atoms with Gasteiger partial charge in [-0.2, -0.15) is 13.2 Å². The monoisotopic (exact) mass is 441 g/mol. The second-order valence-corrected chi connectivity index (χ2v) is 6.46. The number of ether oxygens (including phenoxy) is 1. The summed E-state index contributed by atoms with van der Waals surface area (Å²) in [7, 11) is 0. The van der Waals surface area contributed by atoms with E-state index in [1.807, 2.05) is 0 Å². The van der Waals surface area contributed by atoms with Crippen LogP contribution in [0.15, 0.2) is 34.8 Å². The second kappa shape index (κ2) is 7.21. The van der Waals surface area contributed by atoms with Gasteiger partial charge in [-0.25, -0.2) is 4.79 Å². The topological polar surface area (TPSA) is 38.3 Å². The highest BCUT2D eigenvalue weighted by Crippen LogP contribution is 2.37. The van der Waals surface area contributed by atoms with E-state index < -0.39 is 23.5 Å². The van der Waals surface area contributed by atoms with Crippen LogP contribution in [0.4, 0.5) is 23.7 Å². The maximum absolute atomic E-state index is 13.0. The molecule has 9 heteroatoms. The molecule has 0 fully saturated rings. The first-order valence-electron chi connectivity index (χ1n) is 6.39. The molecule has 3 nitrogen and oxygen atoms in total. The highest BCUT2D eigenvalue weighted by molar-refractivity contribution is 9.10. The lowest BCUT2D eigenvalue weighted by molar-refractivity contribution is -0.136. The summed E-state index contributed by atoms with van der Waals surface area (Å²) in [5.41, 5.74) is -0.991. The van der Waals surface area contributed by atoms with Gasteiger partial charge in [-0.1, -0.05) is 23.2 Å². The van der Waals surface area contributed by atoms with E-state index in [0.29, 0.717) is 15.1 Å². The zero-order valence-electron chi connectivity index (χ0n) is 12.0. The average Bonchev–Trinajstić information content (AvgIpc) is 2.43. The van der Waals surface area contributed by atoms with Gasteiger partial charge in [-0.15, -0.1) is 0 Å². The average molecular weight is 443 g/mol. The van der Waals surface area contributed by atoms with Crippen molar-refractivity contribution in [3.8, 4) is 5.75 Å². The summed E-state index contributed by atoms with van der Waals surface area (Å²) >= 11 is 14.6. The van der Waals surface area contributed by atoms with E-state index in [1.54, 1.807) is 13.0 Å². The van der Waals surface area contributed by atoms with Crippen molar-refractivity contribution in [3.63, 3.8) is 0 Å². The summed E-state index contributed by atoms with van der Waals surface area (Å²) in [6.45, 7) is 1.64. The fourth-order valence-electron chi connectivity index (χ4n) is 1.91. The summed E-state index contributed by atoms with van der Waals surface area (Å²) in [5, 5.41) is 2.39. The normalized spacial score (nSPS) is 11.3. The molecular formula is C15H9BrCl2F3NO2. The van der Waals surface area contributed by atoms with Crippen molar-refractivity contribution in [2.75, 3.05) is 5.32 Å². The quantitative estimate of drug-likeness (QED) is 0.562. The lowest BCUT2D eigenvalue weighted by atomic mass is 10.1. The summed E-state index contributed by atoms with van der Waals surface area (Å²) in [6.07, 6.45) is -5.75. The number of halogens is 6. The van der Waals surface area contributed by atoms with Gasteiger partial charge in [0.1, 0.15) is 5.75 Å². The molecule has 0 spiro atoms. The predicted octanol–water partition coefficient (Wildman–Crippen LogP) is 6.69. The van der Waals surface area contributed by atoms with Crippen molar-refractivity contribution in [2.45, 2.75) is 13.1 Å². The van der Waals surface area contributed by atoms with Gasteiger partial charge in [0.2, 0.25) is 0 Å². The van der Waals surface area contributed by atoms with Gasteiger partial charge in [-0.3, -0.25) is 5.32 Å². The molecule has 0 heterocycles. The standard InChI is InChI=1S/C15H9BrCl2F3NO2/c1-7-4-9(18)6-11(16)13(7)24-14(23)22-12-3-2-8(17)5-10(12)15(19,20)21/h2-6H,1H3,(H,22,23). The molecule has 0 aliphatic heterocycles. The molecule has 0 aliphatic carbocycles. The number of hydrogen-bond acceptors (Lipinski definition) is 2. The molecule has 1 amide bonds. The van der Waals surface area contributed by atoms with Crippen LogP contribution < -0.4 is 10.1 Å². The molecule has 1 N–H and O–H groups in total. The molecule has 0 unspecified atom stereocenters. The van der Waals surface area contributed by atoms with Gasteiger partial charge in [0.15, 0.2) is 0 Å². The third-order valence-electron chi connectivity index (χ3n) is 2.91. The first-order chi connectivity index (χ1) is 11.1. The molecule has 0 aromatic heterocycles. The fraction of sp³-hybridized carbons (Fsp3) is 0.133. The molecule has 0 radical (unpaired) electrons. The number of carbonyl (C=O) groups excluding carboxylic acids is 1. The molecule has 0 saturated carbocycles. The maximum Gasteiger partial charge on any atom is 0.418 e. The number of anilines is 1. The Morgan fingerprint density at radius 2 is 1.83 bits per heavy atom. The first kappa shape index (κ1) is 18.9. The van der Waals surface area contributed by atoms with E-state index in [9.17, 15) is 18.0 Å². The smallest absolute Gasteiger partial charge is 0.409 e. The molecule has 0 saturated heterocycles. The SMILES string of the molecule is Cc1cc(Cl)cc(Br)c1OC(=O)Nc1ccc(Cl)cc1C(F)(F)F. The van der Waals surface area contributed by atoms with Crippen LogP contribution in [0.5, 0.6) is 5.75 Å². The third kappa shape index (κ3) is 4.55. The van der Waals surface area contributed by atoms with Crippen LogP contribution in [-0.2, 0) is 6.18 Å². The van der Waals surface area contributed by atoms with E-state index in [-0.39, 0.29) is 10.8 Å². The van der Waals surface area contributed by atoms with Gasteiger partial charge < -0.3 is 4.74 Å². The van der Waals surface area contributed by atoms with Crippen molar-refractivity contribution in [1.29, 1.82) is 0 Å². The van der Waals surface area contributed by atoms with Crippen LogP contribution >= 0.6 is 39.1 Å². The van der Waals surface area contributed by atoms with Crippen LogP contribution in [0.1, 0.15) is 11.1 Å². The zero-order valence-corrected chi connectivity index (χ0v) is 15.1. The minimum absolute atomic E-state index is 0.0995. The van der Waals surface area contributed by atoms with Crippen LogP contribution in [0.25, 0.3) is 0 Å². The number of nitrogens with one attached hydrogen (secondary N) is 1. The molecule has 24 heavy (non-hydrogen) atoms. The molecule has 2 rings (SSSR count). The Kier molecular flexibility index (Phi) is 5.67. The second-order valence-electron chi connectivity index (χ2n) is 4.74. The Balaban J connectivity index is 2.26. The fourth-order valence-corrected chi connectivity index (χ4v) is 3.12. The van der Waals surface area contributed by atoms with Crippen molar-refractivity contribution in [2.24, 2.45) is 0 Å². The Labute approximate surface area is 153 Å². The number of hydrogen-bond donors (Lipinski definition) is 1. The molecule has 0 atom stereocenters. The molecule has 0 bridgehead atoms. The number of benzene rings is 2. The number of amides is 1. The maximum atomic E-state index is 13.0. The van der Waals surface area contributed by atoms with Gasteiger partial charge in [0.05, 0.1) is 15.7 Å². The molecule has 2 aromatic carbocycles. The number of rotatable bonds is 2. The van der Waals surface area contributed by atoms with Crippen molar-refractivity contribution in [3.05, 3.63) is 56.0 Å². The number of carbonyl (C=O) groups is 1. The minimum atomic E-state index is -4.68. The summed E-state index contributed by atoms with van der Waals surface area (Å²) in [6, 6.07) is 6.06.